The van der Waals surface area contributed by atoms with E-state index in [0.29, 0.717) is 11.5 Å². The summed E-state index contributed by atoms with van der Waals surface area (Å²) in [6.45, 7) is 2.05. The van der Waals surface area contributed by atoms with Crippen molar-refractivity contribution in [1.29, 1.82) is 0 Å². The number of ether oxygens (including phenoxy) is 1. The Morgan fingerprint density at radius 3 is 2.74 bits per heavy atom. The van der Waals surface area contributed by atoms with Crippen molar-refractivity contribution in [3.8, 4) is 5.75 Å². The highest BCUT2D eigenvalue weighted by molar-refractivity contribution is 8.01. The van der Waals surface area contributed by atoms with E-state index in [1.807, 2.05) is 6.92 Å². The van der Waals surface area contributed by atoms with Crippen LogP contribution >= 0.6 is 23.1 Å². The van der Waals surface area contributed by atoms with E-state index in [9.17, 15) is 9.50 Å². The van der Waals surface area contributed by atoms with Crippen LogP contribution in [0.25, 0.3) is 0 Å². The summed E-state index contributed by atoms with van der Waals surface area (Å²) in [5, 5.41) is 18.5. The molecule has 1 aromatic heterocycles. The molecule has 0 aliphatic rings. The molecule has 0 radical (unpaired) electrons. The summed E-state index contributed by atoms with van der Waals surface area (Å²) in [7, 11) is 0. The van der Waals surface area contributed by atoms with E-state index in [4.69, 9.17) is 4.74 Å². The first-order valence-corrected chi connectivity index (χ1v) is 7.43. The van der Waals surface area contributed by atoms with Crippen molar-refractivity contribution in [2.75, 3.05) is 12.4 Å². The van der Waals surface area contributed by atoms with Crippen LogP contribution in [0.2, 0.25) is 0 Å². The van der Waals surface area contributed by atoms with Gasteiger partial charge in [0.25, 0.3) is 0 Å². The number of aliphatic hydroxyl groups excluding tert-OH is 1. The summed E-state index contributed by atoms with van der Waals surface area (Å²) >= 11 is 2.93. The summed E-state index contributed by atoms with van der Waals surface area (Å²) < 4.78 is 18.9. The molecule has 0 fully saturated rings. The molecular weight excluding hydrogens is 287 g/mol. The van der Waals surface area contributed by atoms with Gasteiger partial charge in [0.1, 0.15) is 23.2 Å². The quantitative estimate of drug-likeness (QED) is 0.831. The highest BCUT2D eigenvalue weighted by Gasteiger charge is 2.09. The molecule has 0 aliphatic carbocycles. The van der Waals surface area contributed by atoms with E-state index in [2.05, 4.69) is 10.2 Å². The van der Waals surface area contributed by atoms with Crippen LogP contribution in [0.5, 0.6) is 5.75 Å². The maximum Gasteiger partial charge on any atom is 0.174 e. The fraction of sp³-hybridized carbons (Fsp3) is 0.333. The van der Waals surface area contributed by atoms with Gasteiger partial charge in [-0.3, -0.25) is 0 Å². The van der Waals surface area contributed by atoms with Crippen molar-refractivity contribution >= 4 is 23.1 Å². The molecule has 7 heteroatoms. The molecule has 2 aromatic rings. The summed E-state index contributed by atoms with van der Waals surface area (Å²) in [6, 6.07) is 5.70. The second-order valence-electron chi connectivity index (χ2n) is 3.82. The van der Waals surface area contributed by atoms with Gasteiger partial charge in [-0.2, -0.15) is 0 Å². The highest BCUT2D eigenvalue weighted by atomic mass is 32.2. The standard InChI is InChI=1S/C12H13FN2O2S2/c1-8-14-15-12(19-8)18-7-10(16)6-17-11-4-2-9(13)3-5-11/h2-5,10,16H,6-7H2,1H3. The lowest BCUT2D eigenvalue weighted by molar-refractivity contribution is 0.126. The largest absolute Gasteiger partial charge is 0.491 e. The molecule has 0 bridgehead atoms. The van der Waals surface area contributed by atoms with E-state index in [1.54, 1.807) is 0 Å². The molecule has 1 unspecified atom stereocenters. The Kier molecular flexibility index (Phi) is 5.12. The Balaban J connectivity index is 1.72. The number of hydrogen-bond acceptors (Lipinski definition) is 6. The first-order valence-electron chi connectivity index (χ1n) is 5.63. The number of aromatic nitrogens is 2. The fourth-order valence-corrected chi connectivity index (χ4v) is 3.02. The van der Waals surface area contributed by atoms with Crippen molar-refractivity contribution in [1.82, 2.24) is 10.2 Å². The van der Waals surface area contributed by atoms with E-state index in [0.717, 1.165) is 9.35 Å². The van der Waals surface area contributed by atoms with Crippen molar-refractivity contribution in [3.63, 3.8) is 0 Å². The zero-order chi connectivity index (χ0) is 13.7. The Bertz CT molecular complexity index is 519. The Hall–Kier alpha value is -1.18. The number of rotatable bonds is 6. The topological polar surface area (TPSA) is 55.2 Å². The lowest BCUT2D eigenvalue weighted by Gasteiger charge is -2.11. The first-order chi connectivity index (χ1) is 9.13. The Labute approximate surface area is 118 Å². The molecule has 1 N–H and O–H groups in total. The van der Waals surface area contributed by atoms with Gasteiger partial charge in [0, 0.05) is 5.75 Å². The van der Waals surface area contributed by atoms with Crippen LogP contribution in [0.4, 0.5) is 4.39 Å². The molecule has 4 nitrogen and oxygen atoms in total. The third kappa shape index (κ3) is 4.77. The minimum atomic E-state index is -0.612. The molecular formula is C12H13FN2O2S2. The van der Waals surface area contributed by atoms with Gasteiger partial charge in [-0.15, -0.1) is 10.2 Å². The van der Waals surface area contributed by atoms with Gasteiger partial charge in [0.05, 0.1) is 6.10 Å². The molecule has 0 spiro atoms. The van der Waals surface area contributed by atoms with E-state index in [1.165, 1.54) is 47.4 Å². The molecule has 2 rings (SSSR count). The molecule has 102 valence electrons. The molecule has 0 amide bonds. The van der Waals surface area contributed by atoms with Gasteiger partial charge in [-0.25, -0.2) is 4.39 Å². The van der Waals surface area contributed by atoms with Crippen LogP contribution in [0, 0.1) is 12.7 Å². The summed E-state index contributed by atoms with van der Waals surface area (Å²) in [6.07, 6.45) is -0.612. The van der Waals surface area contributed by atoms with Crippen molar-refractivity contribution in [2.45, 2.75) is 17.4 Å². The zero-order valence-electron chi connectivity index (χ0n) is 10.2. The predicted octanol–water partition coefficient (Wildman–Crippen LogP) is 2.52. The number of hydrogen-bond donors (Lipinski definition) is 1. The predicted molar refractivity (Wildman–Crippen MR) is 73.3 cm³/mol. The normalized spacial score (nSPS) is 12.4. The number of benzene rings is 1. The zero-order valence-corrected chi connectivity index (χ0v) is 11.9. The van der Waals surface area contributed by atoms with Gasteiger partial charge < -0.3 is 9.84 Å². The SMILES string of the molecule is Cc1nnc(SCC(O)COc2ccc(F)cc2)s1. The highest BCUT2D eigenvalue weighted by Crippen LogP contribution is 2.22. The Morgan fingerprint density at radius 1 is 1.37 bits per heavy atom. The van der Waals surface area contributed by atoms with Crippen LogP contribution in [-0.4, -0.2) is 33.8 Å². The third-order valence-corrected chi connectivity index (χ3v) is 4.28. The summed E-state index contributed by atoms with van der Waals surface area (Å²) in [5.41, 5.74) is 0. The van der Waals surface area contributed by atoms with Gasteiger partial charge >= 0.3 is 0 Å². The van der Waals surface area contributed by atoms with Crippen molar-refractivity contribution < 1.29 is 14.2 Å². The molecule has 19 heavy (non-hydrogen) atoms. The fourth-order valence-electron chi connectivity index (χ4n) is 1.28. The number of aliphatic hydroxyl groups is 1. The molecule has 0 saturated carbocycles. The lowest BCUT2D eigenvalue weighted by atomic mass is 10.3. The average Bonchev–Trinajstić information content (AvgIpc) is 2.81. The molecule has 0 aliphatic heterocycles. The number of aryl methyl sites for hydroxylation is 1. The molecule has 1 atom stereocenters. The van der Waals surface area contributed by atoms with Crippen LogP contribution in [0.15, 0.2) is 28.6 Å². The minimum absolute atomic E-state index is 0.163. The van der Waals surface area contributed by atoms with Gasteiger partial charge in [-0.05, 0) is 31.2 Å². The number of halogens is 1. The maximum absolute atomic E-state index is 12.7. The van der Waals surface area contributed by atoms with Crippen molar-refractivity contribution in [3.05, 3.63) is 35.1 Å². The van der Waals surface area contributed by atoms with Gasteiger partial charge in [0.15, 0.2) is 4.34 Å². The third-order valence-electron chi connectivity index (χ3n) is 2.16. The summed E-state index contributed by atoms with van der Waals surface area (Å²) in [4.78, 5) is 0. The van der Waals surface area contributed by atoms with E-state index < -0.39 is 6.10 Å². The second kappa shape index (κ2) is 6.83. The first kappa shape index (κ1) is 14.2. The maximum atomic E-state index is 12.7. The minimum Gasteiger partial charge on any atom is -0.491 e. The van der Waals surface area contributed by atoms with Crippen molar-refractivity contribution in [2.24, 2.45) is 0 Å². The molecule has 1 heterocycles. The lowest BCUT2D eigenvalue weighted by Crippen LogP contribution is -2.20. The van der Waals surface area contributed by atoms with Crippen LogP contribution in [0.1, 0.15) is 5.01 Å². The van der Waals surface area contributed by atoms with Gasteiger partial charge in [-0.1, -0.05) is 23.1 Å². The number of thioether (sulfide) groups is 1. The molecule has 0 saturated heterocycles. The van der Waals surface area contributed by atoms with Crippen LogP contribution < -0.4 is 4.74 Å². The van der Waals surface area contributed by atoms with E-state index >= 15 is 0 Å². The summed E-state index contributed by atoms with van der Waals surface area (Å²) in [5.74, 6) is 0.711. The monoisotopic (exact) mass is 300 g/mol. The Morgan fingerprint density at radius 2 is 2.11 bits per heavy atom. The van der Waals surface area contributed by atoms with Crippen LogP contribution in [-0.2, 0) is 0 Å². The average molecular weight is 300 g/mol. The van der Waals surface area contributed by atoms with E-state index in [-0.39, 0.29) is 12.4 Å². The van der Waals surface area contributed by atoms with Crippen LogP contribution in [0.3, 0.4) is 0 Å². The molecule has 1 aromatic carbocycles. The number of nitrogens with zero attached hydrogens (tertiary/aromatic N) is 2. The second-order valence-corrected chi connectivity index (χ2v) is 6.27. The van der Waals surface area contributed by atoms with Gasteiger partial charge in [0.2, 0.25) is 0 Å². The smallest absolute Gasteiger partial charge is 0.174 e.